The second-order valence-electron chi connectivity index (χ2n) is 9.96. The Balaban J connectivity index is 1.49. The highest BCUT2D eigenvalue weighted by atomic mass is 79.9. The number of ether oxygens (including phenoxy) is 1. The lowest BCUT2D eigenvalue weighted by molar-refractivity contribution is -0.619. The van der Waals surface area contributed by atoms with Gasteiger partial charge in [0.25, 0.3) is 16.1 Å². The third-order valence-electron chi connectivity index (χ3n) is 7.13. The summed E-state index contributed by atoms with van der Waals surface area (Å²) < 4.78 is 10.0. The smallest absolute Gasteiger partial charge is 0.277 e. The van der Waals surface area contributed by atoms with Crippen molar-refractivity contribution in [1.82, 2.24) is 29.8 Å². The zero-order valence-electron chi connectivity index (χ0n) is 24.1. The lowest BCUT2D eigenvalue weighted by Gasteiger charge is -2.15. The lowest BCUT2D eigenvalue weighted by Crippen LogP contribution is -2.36. The highest BCUT2D eigenvalue weighted by Gasteiger charge is 2.29. The summed E-state index contributed by atoms with van der Waals surface area (Å²) in [6, 6.07) is 20.7. The fourth-order valence-corrected chi connectivity index (χ4v) is 5.60. The van der Waals surface area contributed by atoms with E-state index in [2.05, 4.69) is 43.4 Å². The number of nitrogens with zero attached hydrogens (tertiary/aromatic N) is 7. The van der Waals surface area contributed by atoms with E-state index >= 15 is 0 Å². The van der Waals surface area contributed by atoms with Crippen molar-refractivity contribution in [2.75, 3.05) is 6.61 Å². The van der Waals surface area contributed by atoms with Crippen LogP contribution in [-0.2, 0) is 17.7 Å². The molecule has 10 nitrogen and oxygen atoms in total. The Bertz CT molecular complexity index is 1740. The third kappa shape index (κ3) is 6.39. The number of aromatic nitrogens is 7. The van der Waals surface area contributed by atoms with Crippen LogP contribution < -0.4 is 4.73 Å². The molecule has 0 saturated carbocycles. The summed E-state index contributed by atoms with van der Waals surface area (Å²) in [5.74, 6) is 0.828. The Morgan fingerprint density at radius 1 is 1.07 bits per heavy atom. The summed E-state index contributed by atoms with van der Waals surface area (Å²) in [5.41, 5.74) is 3.93. The van der Waals surface area contributed by atoms with E-state index in [0.29, 0.717) is 36.0 Å². The summed E-state index contributed by atoms with van der Waals surface area (Å²) in [6.45, 7) is 6.83. The van der Waals surface area contributed by atoms with Crippen LogP contribution in [0.25, 0.3) is 22.5 Å². The van der Waals surface area contributed by atoms with Gasteiger partial charge in [0.05, 0.1) is 0 Å². The quantitative estimate of drug-likeness (QED) is 0.0654. The van der Waals surface area contributed by atoms with E-state index in [1.54, 1.807) is 16.8 Å². The van der Waals surface area contributed by atoms with Crippen LogP contribution >= 0.6 is 27.5 Å². The van der Waals surface area contributed by atoms with E-state index in [-0.39, 0.29) is 27.4 Å². The van der Waals surface area contributed by atoms with Crippen LogP contribution in [0.3, 0.4) is 0 Å². The van der Waals surface area contributed by atoms with Crippen LogP contribution in [0, 0.1) is 5.21 Å². The van der Waals surface area contributed by atoms with E-state index in [9.17, 15) is 10.0 Å². The molecule has 5 rings (SSSR count). The van der Waals surface area contributed by atoms with Gasteiger partial charge in [-0.2, -0.15) is 9.41 Å². The zero-order valence-corrected chi connectivity index (χ0v) is 26.4. The molecular formula is C31H31BrClN7O3. The first-order valence-corrected chi connectivity index (χ1v) is 15.3. The molecule has 3 heterocycles. The van der Waals surface area contributed by atoms with Crippen molar-refractivity contribution in [3.05, 3.63) is 104 Å². The SMILES string of the molecule is CCCCc1nc(Cl)c(C(=O)c2cccc(Br)[n+]2[O-])n1Cc1ccc(-c2ccccc2-c2nnnn2C(C)OCC)cc1. The monoisotopic (exact) mass is 663 g/mol. The van der Waals surface area contributed by atoms with Gasteiger partial charge < -0.3 is 14.5 Å². The Morgan fingerprint density at radius 3 is 2.53 bits per heavy atom. The van der Waals surface area contributed by atoms with Gasteiger partial charge in [0.2, 0.25) is 0 Å². The molecule has 0 aliphatic carbocycles. The predicted octanol–water partition coefficient (Wildman–Crippen LogP) is 6.43. The van der Waals surface area contributed by atoms with Crippen molar-refractivity contribution in [1.29, 1.82) is 0 Å². The Kier molecular flexibility index (Phi) is 9.64. The molecule has 43 heavy (non-hydrogen) atoms. The van der Waals surface area contributed by atoms with Gasteiger partial charge in [0.15, 0.2) is 17.2 Å². The number of carbonyl (C=O) groups is 1. The number of rotatable bonds is 12. The molecule has 2 aromatic carbocycles. The predicted molar refractivity (Wildman–Crippen MR) is 167 cm³/mol. The van der Waals surface area contributed by atoms with E-state index < -0.39 is 5.78 Å². The molecule has 1 atom stereocenters. The molecule has 0 aliphatic heterocycles. The highest BCUT2D eigenvalue weighted by Crippen LogP contribution is 2.32. The van der Waals surface area contributed by atoms with Crippen LogP contribution in [0.1, 0.15) is 67.4 Å². The molecule has 0 bridgehead atoms. The van der Waals surface area contributed by atoms with Crippen molar-refractivity contribution in [2.24, 2.45) is 0 Å². The molecule has 12 heteroatoms. The number of halogens is 2. The number of aryl methyl sites for hydroxylation is 1. The normalized spacial score (nSPS) is 12.0. The minimum absolute atomic E-state index is 0.0348. The number of carbonyl (C=O) groups excluding carboxylic acids is 1. The fourth-order valence-electron chi connectivity index (χ4n) is 4.97. The van der Waals surface area contributed by atoms with Crippen molar-refractivity contribution >= 4 is 33.3 Å². The standard InChI is InChI=1S/C31H31BrClN7O3/c1-4-6-14-27-34-30(33)28(29(41)25-12-9-13-26(32)40(25)42)38(27)19-21-15-17-22(18-16-21)23-10-7-8-11-24(23)31-35-36-37-39(31)20(3)43-5-2/h7-13,15-18,20H,4-6,14,19H2,1-3H3. The molecule has 1 unspecified atom stereocenters. The maximum atomic E-state index is 13.6. The number of imidazole rings is 1. The molecular weight excluding hydrogens is 634 g/mol. The number of tetrazole rings is 1. The molecule has 0 N–H and O–H groups in total. The molecule has 0 amide bonds. The fraction of sp³-hybridized carbons (Fsp3) is 0.290. The highest BCUT2D eigenvalue weighted by molar-refractivity contribution is 9.10. The molecule has 0 radical (unpaired) electrons. The van der Waals surface area contributed by atoms with E-state index in [1.165, 1.54) is 6.07 Å². The van der Waals surface area contributed by atoms with Crippen molar-refractivity contribution in [3.8, 4) is 22.5 Å². The number of benzene rings is 2. The minimum atomic E-state index is -0.485. The van der Waals surface area contributed by atoms with Crippen molar-refractivity contribution in [2.45, 2.75) is 52.8 Å². The van der Waals surface area contributed by atoms with E-state index in [0.717, 1.165) is 35.1 Å². The zero-order chi connectivity index (χ0) is 30.5. The summed E-state index contributed by atoms with van der Waals surface area (Å²) in [5, 5.41) is 25.1. The second kappa shape index (κ2) is 13.6. The maximum Gasteiger partial charge on any atom is 0.277 e. The van der Waals surface area contributed by atoms with Crippen LogP contribution in [-0.4, -0.2) is 42.1 Å². The number of ketones is 1. The third-order valence-corrected chi connectivity index (χ3v) is 7.98. The summed E-state index contributed by atoms with van der Waals surface area (Å²) >= 11 is 9.76. The Hall–Kier alpha value is -3.93. The first-order valence-electron chi connectivity index (χ1n) is 14.1. The molecule has 0 spiro atoms. The summed E-state index contributed by atoms with van der Waals surface area (Å²) in [4.78, 5) is 18.2. The molecule has 0 saturated heterocycles. The van der Waals surface area contributed by atoms with Gasteiger partial charge in [-0.1, -0.05) is 73.5 Å². The summed E-state index contributed by atoms with van der Waals surface area (Å²) in [7, 11) is 0. The minimum Gasteiger partial charge on any atom is -0.617 e. The largest absolute Gasteiger partial charge is 0.617 e. The second-order valence-corrected chi connectivity index (χ2v) is 11.1. The summed E-state index contributed by atoms with van der Waals surface area (Å²) in [6.07, 6.45) is 2.18. The van der Waals surface area contributed by atoms with Gasteiger partial charge in [-0.05, 0) is 53.5 Å². The Labute approximate surface area is 263 Å². The number of hydrogen-bond donors (Lipinski definition) is 0. The molecule has 3 aromatic heterocycles. The van der Waals surface area contributed by atoms with Crippen molar-refractivity contribution in [3.63, 3.8) is 0 Å². The van der Waals surface area contributed by atoms with Gasteiger partial charge in [-0.3, -0.25) is 4.79 Å². The van der Waals surface area contributed by atoms with E-state index in [1.807, 2.05) is 66.9 Å². The van der Waals surface area contributed by atoms with Crippen LogP contribution in [0.5, 0.6) is 0 Å². The molecule has 0 fully saturated rings. The van der Waals surface area contributed by atoms with Crippen molar-refractivity contribution < 1.29 is 14.3 Å². The average Bonchev–Trinajstić information content (AvgIpc) is 3.62. The van der Waals surface area contributed by atoms with Gasteiger partial charge in [0.1, 0.15) is 11.5 Å². The average molecular weight is 665 g/mol. The van der Waals surface area contributed by atoms with E-state index in [4.69, 9.17) is 16.3 Å². The number of hydrogen-bond acceptors (Lipinski definition) is 7. The van der Waals surface area contributed by atoms with Crippen LogP contribution in [0.2, 0.25) is 5.15 Å². The van der Waals surface area contributed by atoms with Gasteiger partial charge in [-0.25, -0.2) is 4.98 Å². The van der Waals surface area contributed by atoms with Gasteiger partial charge >= 0.3 is 0 Å². The topological polar surface area (TPSA) is 115 Å². The molecule has 0 aliphatic rings. The first-order chi connectivity index (χ1) is 20.8. The molecule has 222 valence electrons. The van der Waals surface area contributed by atoms with Gasteiger partial charge in [-0.15, -0.1) is 5.10 Å². The van der Waals surface area contributed by atoms with Crippen LogP contribution in [0.4, 0.5) is 0 Å². The molecule has 5 aromatic rings. The number of unbranched alkanes of at least 4 members (excludes halogenated alkanes) is 1. The van der Waals surface area contributed by atoms with Crippen LogP contribution in [0.15, 0.2) is 71.3 Å². The lowest BCUT2D eigenvalue weighted by atomic mass is 9.98. The van der Waals surface area contributed by atoms with Gasteiger partial charge in [0, 0.05) is 53.2 Å². The number of pyridine rings is 1. The Morgan fingerprint density at radius 2 is 1.81 bits per heavy atom. The first kappa shape index (κ1) is 30.5. The maximum absolute atomic E-state index is 13.6.